The van der Waals surface area contributed by atoms with Gasteiger partial charge in [0.05, 0.1) is 29.0 Å². The molecule has 0 unspecified atom stereocenters. The predicted molar refractivity (Wildman–Crippen MR) is 84.3 cm³/mol. The van der Waals surface area contributed by atoms with E-state index < -0.39 is 11.0 Å². The van der Waals surface area contributed by atoms with Crippen molar-refractivity contribution in [3.63, 3.8) is 0 Å². The van der Waals surface area contributed by atoms with Gasteiger partial charge in [0.1, 0.15) is 5.76 Å². The molecule has 2 aromatic rings. The van der Waals surface area contributed by atoms with E-state index in [-0.39, 0.29) is 18.0 Å². The van der Waals surface area contributed by atoms with Gasteiger partial charge in [0.2, 0.25) is 6.10 Å². The average Bonchev–Trinajstić information content (AvgIpc) is 3.25. The first-order valence-corrected chi connectivity index (χ1v) is 7.30. The Bertz CT molecular complexity index is 785. The van der Waals surface area contributed by atoms with Crippen molar-refractivity contribution < 1.29 is 19.0 Å². The molecule has 0 radical (unpaired) electrons. The first kappa shape index (κ1) is 15.7. The van der Waals surface area contributed by atoms with E-state index in [1.807, 2.05) is 0 Å². The Kier molecular flexibility index (Phi) is 4.28. The minimum atomic E-state index is -0.792. The Morgan fingerprint density at radius 2 is 2.17 bits per heavy atom. The van der Waals surface area contributed by atoms with Crippen LogP contribution >= 0.6 is 0 Å². The minimum Gasteiger partial charge on any atom is -0.467 e. The summed E-state index contributed by atoms with van der Waals surface area (Å²) in [6.45, 7) is 0.312. The highest BCUT2D eigenvalue weighted by atomic mass is 16.6. The van der Waals surface area contributed by atoms with E-state index in [0.717, 1.165) is 0 Å². The van der Waals surface area contributed by atoms with Gasteiger partial charge in [0.15, 0.2) is 0 Å². The Labute approximate surface area is 137 Å². The van der Waals surface area contributed by atoms with Crippen LogP contribution in [0.2, 0.25) is 0 Å². The fourth-order valence-electron chi connectivity index (χ4n) is 2.51. The van der Waals surface area contributed by atoms with Gasteiger partial charge >= 0.3 is 0 Å². The van der Waals surface area contributed by atoms with Crippen LogP contribution < -0.4 is 0 Å². The maximum absolute atomic E-state index is 12.4. The lowest BCUT2D eigenvalue weighted by atomic mass is 10.0. The molecule has 0 aliphatic carbocycles. The highest BCUT2D eigenvalue weighted by Crippen LogP contribution is 2.25. The molecular weight excluding hydrogens is 314 g/mol. The summed E-state index contributed by atoms with van der Waals surface area (Å²) in [7, 11) is 1.64. The van der Waals surface area contributed by atoms with Crippen molar-refractivity contribution in [2.75, 3.05) is 7.05 Å². The smallest absolute Gasteiger partial charge is 0.278 e. The molecule has 1 atom stereocenters. The second-order valence-electron chi connectivity index (χ2n) is 5.38. The standard InChI is InChI=1S/C16H15N3O5/c1-18(10-11-5-4-8-23-11)16(20)15-9-13(17-24-15)12-6-2-3-7-14(12)19(21)22/h2-8,15H,9-10H2,1H3/t15-/m0/s1. The molecule has 0 spiro atoms. The number of nitro benzene ring substituents is 1. The number of hydrogen-bond donors (Lipinski definition) is 0. The molecule has 8 nitrogen and oxygen atoms in total. The summed E-state index contributed by atoms with van der Waals surface area (Å²) in [5.41, 5.74) is 0.704. The van der Waals surface area contributed by atoms with E-state index in [4.69, 9.17) is 9.25 Å². The number of hydrogen-bond acceptors (Lipinski definition) is 6. The average molecular weight is 329 g/mol. The summed E-state index contributed by atoms with van der Waals surface area (Å²) >= 11 is 0. The molecule has 1 aliphatic rings. The number of carbonyl (C=O) groups is 1. The first-order chi connectivity index (χ1) is 11.6. The van der Waals surface area contributed by atoms with Gasteiger partial charge in [-0.05, 0) is 18.2 Å². The van der Waals surface area contributed by atoms with Gasteiger partial charge in [-0.1, -0.05) is 17.3 Å². The summed E-state index contributed by atoms with van der Waals surface area (Å²) < 4.78 is 5.21. The Hall–Kier alpha value is -3.16. The molecule has 0 fully saturated rings. The summed E-state index contributed by atoms with van der Waals surface area (Å²) in [4.78, 5) is 29.7. The van der Waals surface area contributed by atoms with Gasteiger partial charge in [-0.2, -0.15) is 0 Å². The van der Waals surface area contributed by atoms with Crippen molar-refractivity contribution in [1.29, 1.82) is 0 Å². The quantitative estimate of drug-likeness (QED) is 0.619. The third-order valence-corrected chi connectivity index (χ3v) is 3.71. The highest BCUT2D eigenvalue weighted by Gasteiger charge is 2.33. The highest BCUT2D eigenvalue weighted by molar-refractivity contribution is 6.06. The van der Waals surface area contributed by atoms with Crippen LogP contribution in [0.5, 0.6) is 0 Å². The Morgan fingerprint density at radius 3 is 2.88 bits per heavy atom. The molecule has 2 heterocycles. The van der Waals surface area contributed by atoms with Crippen LogP contribution in [0.1, 0.15) is 17.7 Å². The number of benzene rings is 1. The van der Waals surface area contributed by atoms with Gasteiger partial charge in [-0.15, -0.1) is 0 Å². The number of nitrogens with zero attached hydrogens (tertiary/aromatic N) is 3. The topological polar surface area (TPSA) is 98.2 Å². The monoisotopic (exact) mass is 329 g/mol. The zero-order chi connectivity index (χ0) is 17.1. The SMILES string of the molecule is CN(Cc1ccco1)C(=O)[C@@H]1CC(c2ccccc2[N+](=O)[O-])=NO1. The van der Waals surface area contributed by atoms with E-state index in [2.05, 4.69) is 5.16 Å². The third-order valence-electron chi connectivity index (χ3n) is 3.71. The number of likely N-dealkylation sites (N-methyl/N-ethyl adjacent to an activating group) is 1. The number of rotatable bonds is 5. The molecule has 0 N–H and O–H groups in total. The van der Waals surface area contributed by atoms with Crippen molar-refractivity contribution in [2.24, 2.45) is 5.16 Å². The summed E-state index contributed by atoms with van der Waals surface area (Å²) in [5.74, 6) is 0.396. The maximum Gasteiger partial charge on any atom is 0.278 e. The summed E-state index contributed by atoms with van der Waals surface area (Å²) in [6.07, 6.45) is 0.932. The van der Waals surface area contributed by atoms with Gasteiger partial charge in [-0.3, -0.25) is 14.9 Å². The fraction of sp³-hybridized carbons (Fsp3) is 0.250. The number of nitro groups is 1. The van der Waals surface area contributed by atoms with E-state index in [0.29, 0.717) is 23.6 Å². The lowest BCUT2D eigenvalue weighted by Gasteiger charge is -2.18. The molecule has 24 heavy (non-hydrogen) atoms. The van der Waals surface area contributed by atoms with Crippen LogP contribution in [0, 0.1) is 10.1 Å². The molecular formula is C16H15N3O5. The predicted octanol–water partition coefficient (Wildman–Crippen LogP) is 2.34. The van der Waals surface area contributed by atoms with Crippen LogP contribution in [0.3, 0.4) is 0 Å². The second-order valence-corrected chi connectivity index (χ2v) is 5.38. The fourth-order valence-corrected chi connectivity index (χ4v) is 2.51. The Morgan fingerprint density at radius 1 is 1.38 bits per heavy atom. The molecule has 1 aromatic carbocycles. The number of oxime groups is 1. The molecule has 1 aliphatic heterocycles. The number of para-hydroxylation sites is 1. The van der Waals surface area contributed by atoms with Crippen molar-refractivity contribution >= 4 is 17.3 Å². The number of furan rings is 1. The zero-order valence-electron chi connectivity index (χ0n) is 12.9. The minimum absolute atomic E-state index is 0.0584. The van der Waals surface area contributed by atoms with Crippen LogP contribution in [-0.2, 0) is 16.2 Å². The molecule has 0 saturated carbocycles. The summed E-state index contributed by atoms with van der Waals surface area (Å²) in [6, 6.07) is 9.78. The van der Waals surface area contributed by atoms with E-state index in [1.54, 1.807) is 37.4 Å². The van der Waals surface area contributed by atoms with Crippen molar-refractivity contribution in [1.82, 2.24) is 4.90 Å². The molecule has 0 bridgehead atoms. The normalized spacial score (nSPS) is 16.4. The first-order valence-electron chi connectivity index (χ1n) is 7.30. The molecule has 1 aromatic heterocycles. The molecule has 3 rings (SSSR count). The van der Waals surface area contributed by atoms with Crippen LogP contribution in [-0.4, -0.2) is 34.6 Å². The van der Waals surface area contributed by atoms with Gasteiger partial charge in [0, 0.05) is 19.5 Å². The second kappa shape index (κ2) is 6.53. The van der Waals surface area contributed by atoms with E-state index >= 15 is 0 Å². The van der Waals surface area contributed by atoms with Gasteiger partial charge in [-0.25, -0.2) is 0 Å². The summed E-state index contributed by atoms with van der Waals surface area (Å²) in [5, 5.41) is 15.0. The maximum atomic E-state index is 12.4. The lowest BCUT2D eigenvalue weighted by Crippen LogP contribution is -2.36. The van der Waals surface area contributed by atoms with Crippen LogP contribution in [0.15, 0.2) is 52.2 Å². The van der Waals surface area contributed by atoms with E-state index in [1.165, 1.54) is 17.2 Å². The molecule has 124 valence electrons. The van der Waals surface area contributed by atoms with Crippen molar-refractivity contribution in [3.8, 4) is 0 Å². The van der Waals surface area contributed by atoms with Crippen molar-refractivity contribution in [2.45, 2.75) is 19.1 Å². The number of amides is 1. The van der Waals surface area contributed by atoms with E-state index in [9.17, 15) is 14.9 Å². The molecule has 8 heteroatoms. The van der Waals surface area contributed by atoms with Gasteiger partial charge in [0.25, 0.3) is 11.6 Å². The lowest BCUT2D eigenvalue weighted by molar-refractivity contribution is -0.385. The van der Waals surface area contributed by atoms with Crippen molar-refractivity contribution in [3.05, 3.63) is 64.1 Å². The van der Waals surface area contributed by atoms with Crippen LogP contribution in [0.25, 0.3) is 0 Å². The van der Waals surface area contributed by atoms with Crippen LogP contribution in [0.4, 0.5) is 5.69 Å². The number of carbonyl (C=O) groups excluding carboxylic acids is 1. The Balaban J connectivity index is 1.68. The zero-order valence-corrected chi connectivity index (χ0v) is 12.9. The van der Waals surface area contributed by atoms with Gasteiger partial charge < -0.3 is 14.2 Å². The molecule has 0 saturated heterocycles. The third kappa shape index (κ3) is 3.12. The largest absolute Gasteiger partial charge is 0.467 e. The molecule has 1 amide bonds.